The first-order valence-electron chi connectivity index (χ1n) is 11.8. The highest BCUT2D eigenvalue weighted by atomic mass is 16.5. The van der Waals surface area contributed by atoms with Gasteiger partial charge in [-0.05, 0) is 63.7 Å². The highest BCUT2D eigenvalue weighted by Crippen LogP contribution is 2.38. The molecule has 1 aromatic heterocycles. The van der Waals surface area contributed by atoms with Crippen LogP contribution in [0.4, 0.5) is 5.95 Å². The fraction of sp³-hybridized carbons (Fsp3) is 0.909. The van der Waals surface area contributed by atoms with Gasteiger partial charge in [0.1, 0.15) is 6.10 Å². The summed E-state index contributed by atoms with van der Waals surface area (Å²) in [5.74, 6) is 2.96. The monoisotopic (exact) mass is 388 g/mol. The summed E-state index contributed by atoms with van der Waals surface area (Å²) in [6, 6.07) is 0.646. The first-order valence-corrected chi connectivity index (χ1v) is 11.8. The first-order chi connectivity index (χ1) is 13.9. The summed E-state index contributed by atoms with van der Waals surface area (Å²) >= 11 is 0. The molecule has 0 aromatic carbocycles. The third-order valence-corrected chi connectivity index (χ3v) is 7.39. The maximum Gasteiger partial charge on any atom is 0.227 e. The molecule has 6 heteroatoms. The zero-order valence-electron chi connectivity index (χ0n) is 17.2. The van der Waals surface area contributed by atoms with Gasteiger partial charge in [-0.15, -0.1) is 10.2 Å². The first kappa shape index (κ1) is 18.9. The van der Waals surface area contributed by atoms with Crippen molar-refractivity contribution in [2.24, 2.45) is 5.92 Å². The van der Waals surface area contributed by atoms with E-state index in [0.29, 0.717) is 12.1 Å². The molecule has 1 aromatic rings. The van der Waals surface area contributed by atoms with Crippen molar-refractivity contribution < 1.29 is 9.47 Å². The minimum absolute atomic E-state index is 0.112. The van der Waals surface area contributed by atoms with Gasteiger partial charge in [0.25, 0.3) is 0 Å². The molecule has 5 rings (SSSR count). The third-order valence-electron chi connectivity index (χ3n) is 7.39. The molecule has 1 saturated carbocycles. The molecule has 0 amide bonds. The molecule has 4 fully saturated rings. The Kier molecular flexibility index (Phi) is 5.86. The van der Waals surface area contributed by atoms with Crippen molar-refractivity contribution in [3.63, 3.8) is 0 Å². The van der Waals surface area contributed by atoms with E-state index in [0.717, 1.165) is 63.3 Å². The summed E-state index contributed by atoms with van der Waals surface area (Å²) in [5.41, 5.74) is 0. The van der Waals surface area contributed by atoms with Crippen molar-refractivity contribution in [3.8, 4) is 0 Å². The lowest BCUT2D eigenvalue weighted by Gasteiger charge is -2.35. The molecule has 156 valence electrons. The van der Waals surface area contributed by atoms with E-state index in [1.165, 1.54) is 57.8 Å². The van der Waals surface area contributed by atoms with E-state index < -0.39 is 0 Å². The summed E-state index contributed by atoms with van der Waals surface area (Å²) in [6.45, 7) is 3.74. The van der Waals surface area contributed by atoms with Gasteiger partial charge in [0.05, 0.1) is 12.6 Å². The Bertz CT molecular complexity index is 630. The summed E-state index contributed by atoms with van der Waals surface area (Å²) in [4.78, 5) is 2.60. The SMILES string of the molecule is C1CCC(C2CCCN2c2nnc([C@H]3CCCO3)n2CC2CCCCO2)CC1. The Morgan fingerprint density at radius 2 is 1.64 bits per heavy atom. The maximum absolute atomic E-state index is 6.09. The van der Waals surface area contributed by atoms with Crippen LogP contribution < -0.4 is 4.90 Å². The fourth-order valence-electron chi connectivity index (χ4n) is 5.92. The summed E-state index contributed by atoms with van der Waals surface area (Å²) in [7, 11) is 0. The lowest BCUT2D eigenvalue weighted by atomic mass is 9.83. The van der Waals surface area contributed by atoms with Gasteiger partial charge in [0.2, 0.25) is 5.95 Å². The molecule has 28 heavy (non-hydrogen) atoms. The Balaban J connectivity index is 1.42. The second-order valence-electron chi connectivity index (χ2n) is 9.26. The van der Waals surface area contributed by atoms with Crippen LogP contribution in [0.5, 0.6) is 0 Å². The molecule has 3 saturated heterocycles. The molecule has 2 unspecified atom stereocenters. The van der Waals surface area contributed by atoms with Crippen LogP contribution in [-0.4, -0.2) is 46.7 Å². The smallest absolute Gasteiger partial charge is 0.227 e. The average molecular weight is 389 g/mol. The van der Waals surface area contributed by atoms with Crippen molar-refractivity contribution in [2.45, 2.75) is 102 Å². The van der Waals surface area contributed by atoms with Crippen molar-refractivity contribution in [1.82, 2.24) is 14.8 Å². The number of nitrogens with zero attached hydrogens (tertiary/aromatic N) is 4. The highest BCUT2D eigenvalue weighted by Gasteiger charge is 2.37. The number of aromatic nitrogens is 3. The number of rotatable bonds is 5. The van der Waals surface area contributed by atoms with Gasteiger partial charge in [-0.1, -0.05) is 19.3 Å². The van der Waals surface area contributed by atoms with Crippen molar-refractivity contribution in [2.75, 3.05) is 24.7 Å². The minimum Gasteiger partial charge on any atom is -0.376 e. The highest BCUT2D eigenvalue weighted by molar-refractivity contribution is 5.36. The largest absolute Gasteiger partial charge is 0.376 e. The number of ether oxygens (including phenoxy) is 2. The molecule has 3 aliphatic heterocycles. The van der Waals surface area contributed by atoms with Crippen LogP contribution in [0.1, 0.15) is 89.0 Å². The molecular formula is C22H36N4O2. The van der Waals surface area contributed by atoms with Crippen LogP contribution in [0.3, 0.4) is 0 Å². The number of hydrogen-bond acceptors (Lipinski definition) is 5. The molecule has 0 bridgehead atoms. The Hall–Kier alpha value is -1.14. The van der Waals surface area contributed by atoms with E-state index in [9.17, 15) is 0 Å². The van der Waals surface area contributed by atoms with Crippen molar-refractivity contribution in [3.05, 3.63) is 5.82 Å². The van der Waals surface area contributed by atoms with E-state index >= 15 is 0 Å². The van der Waals surface area contributed by atoms with Gasteiger partial charge in [0.15, 0.2) is 5.82 Å². The molecule has 1 aliphatic carbocycles. The number of anilines is 1. The van der Waals surface area contributed by atoms with Crippen LogP contribution in [0, 0.1) is 5.92 Å². The van der Waals surface area contributed by atoms with Crippen LogP contribution in [0.15, 0.2) is 0 Å². The Morgan fingerprint density at radius 3 is 2.43 bits per heavy atom. The zero-order chi connectivity index (χ0) is 18.8. The quantitative estimate of drug-likeness (QED) is 0.755. The summed E-state index contributed by atoms with van der Waals surface area (Å²) in [5, 5.41) is 9.44. The van der Waals surface area contributed by atoms with Gasteiger partial charge in [0, 0.05) is 25.8 Å². The second-order valence-corrected chi connectivity index (χ2v) is 9.26. The van der Waals surface area contributed by atoms with Gasteiger partial charge in [-0.2, -0.15) is 0 Å². The van der Waals surface area contributed by atoms with Crippen LogP contribution in [0.25, 0.3) is 0 Å². The number of hydrogen-bond donors (Lipinski definition) is 0. The molecule has 4 aliphatic rings. The van der Waals surface area contributed by atoms with E-state index in [4.69, 9.17) is 14.6 Å². The predicted octanol–water partition coefficient (Wildman–Crippen LogP) is 4.25. The topological polar surface area (TPSA) is 52.4 Å². The van der Waals surface area contributed by atoms with Gasteiger partial charge >= 0.3 is 0 Å². The molecule has 3 atom stereocenters. The van der Waals surface area contributed by atoms with Gasteiger partial charge in [-0.3, -0.25) is 4.57 Å². The minimum atomic E-state index is 0.112. The summed E-state index contributed by atoms with van der Waals surface area (Å²) in [6.07, 6.45) is 15.8. The van der Waals surface area contributed by atoms with Crippen molar-refractivity contribution >= 4 is 5.95 Å². The molecule has 4 heterocycles. The molecule has 0 spiro atoms. The van der Waals surface area contributed by atoms with Crippen LogP contribution >= 0.6 is 0 Å². The predicted molar refractivity (Wildman–Crippen MR) is 108 cm³/mol. The molecule has 0 N–H and O–H groups in total. The zero-order valence-corrected chi connectivity index (χ0v) is 17.2. The Morgan fingerprint density at radius 1 is 0.786 bits per heavy atom. The lowest BCUT2D eigenvalue weighted by Crippen LogP contribution is -2.39. The second kappa shape index (κ2) is 8.70. The molecule has 0 radical (unpaired) electrons. The average Bonchev–Trinajstić information content (AvgIpc) is 3.50. The normalized spacial score (nSPS) is 32.3. The van der Waals surface area contributed by atoms with Crippen LogP contribution in [0.2, 0.25) is 0 Å². The Labute approximate surface area is 169 Å². The van der Waals surface area contributed by atoms with E-state index in [1.54, 1.807) is 0 Å². The van der Waals surface area contributed by atoms with Gasteiger partial charge in [-0.25, -0.2) is 0 Å². The fourth-order valence-corrected chi connectivity index (χ4v) is 5.92. The standard InChI is InChI=1S/C22H36N4O2/c1-2-8-17(9-3-1)19-11-6-13-25(19)22-24-23-21(20-12-7-15-28-20)26(22)16-18-10-4-5-14-27-18/h17-20H,1-16H2/t18?,19?,20-/m1/s1. The summed E-state index contributed by atoms with van der Waals surface area (Å²) < 4.78 is 14.5. The van der Waals surface area contributed by atoms with Gasteiger partial charge < -0.3 is 14.4 Å². The van der Waals surface area contributed by atoms with E-state index in [2.05, 4.69) is 14.6 Å². The van der Waals surface area contributed by atoms with E-state index in [1.807, 2.05) is 0 Å². The molecular weight excluding hydrogens is 352 g/mol. The third kappa shape index (κ3) is 3.82. The van der Waals surface area contributed by atoms with E-state index in [-0.39, 0.29) is 6.10 Å². The van der Waals surface area contributed by atoms with Crippen LogP contribution in [-0.2, 0) is 16.0 Å². The molecule has 6 nitrogen and oxygen atoms in total. The maximum atomic E-state index is 6.09. The van der Waals surface area contributed by atoms with Crippen molar-refractivity contribution in [1.29, 1.82) is 0 Å². The lowest BCUT2D eigenvalue weighted by molar-refractivity contribution is 0.00397.